The van der Waals surface area contributed by atoms with Gasteiger partial charge in [0.25, 0.3) is 20.0 Å². The predicted octanol–water partition coefficient (Wildman–Crippen LogP) is 8.75. The van der Waals surface area contributed by atoms with Gasteiger partial charge in [0.1, 0.15) is 0 Å². The molecule has 0 N–H and O–H groups in total. The van der Waals surface area contributed by atoms with Crippen LogP contribution in [-0.4, -0.2) is 54.8 Å². The third-order valence-electron chi connectivity index (χ3n) is 12.0. The van der Waals surface area contributed by atoms with E-state index in [1.54, 1.807) is 99.4 Å². The Kier molecular flexibility index (Phi) is 11.7. The molecule has 2 fully saturated rings. The molecule has 6 aromatic rings. The van der Waals surface area contributed by atoms with E-state index in [0.29, 0.717) is 35.0 Å². The minimum Gasteiger partial charge on any atom is -0.380 e. The lowest BCUT2D eigenvalue weighted by molar-refractivity contribution is -0.123. The quantitative estimate of drug-likeness (QED) is 0.0938. The highest BCUT2D eigenvalue weighted by Crippen LogP contribution is 2.45. The van der Waals surface area contributed by atoms with E-state index in [-0.39, 0.29) is 51.9 Å². The van der Waals surface area contributed by atoms with Crippen LogP contribution in [0.1, 0.15) is 98.6 Å². The highest BCUT2D eigenvalue weighted by atomic mass is 32.2. The number of benzene rings is 2. The van der Waals surface area contributed by atoms with Crippen molar-refractivity contribution >= 4 is 47.9 Å². The van der Waals surface area contributed by atoms with Crippen molar-refractivity contribution in [3.63, 3.8) is 0 Å². The molecular weight excluding hydrogens is 773 g/mol. The van der Waals surface area contributed by atoms with Crippen LogP contribution in [0.15, 0.2) is 107 Å². The molecule has 0 bridgehead atoms. The summed E-state index contributed by atoms with van der Waals surface area (Å²) in [5.74, 6) is -1.62. The third-order valence-corrected chi connectivity index (χ3v) is 15.5. The van der Waals surface area contributed by atoms with Gasteiger partial charge in [-0.3, -0.25) is 4.79 Å². The van der Waals surface area contributed by atoms with Gasteiger partial charge in [0, 0.05) is 48.8 Å². The maximum atomic E-state index is 16.0. The Morgan fingerprint density at radius 2 is 1.00 bits per heavy atom. The number of ether oxygens (including phenoxy) is 2. The number of carbonyl (C=O) groups is 1. The predicted molar refractivity (Wildman–Crippen MR) is 223 cm³/mol. The van der Waals surface area contributed by atoms with Crippen LogP contribution < -0.4 is 0 Å². The van der Waals surface area contributed by atoms with Crippen molar-refractivity contribution in [2.75, 3.05) is 14.2 Å². The van der Waals surface area contributed by atoms with E-state index in [4.69, 9.17) is 19.4 Å². The van der Waals surface area contributed by atoms with Crippen molar-refractivity contribution in [2.45, 2.75) is 99.0 Å². The molecule has 0 spiro atoms. The molecule has 2 atom stereocenters. The summed E-state index contributed by atoms with van der Waals surface area (Å²) in [4.78, 5) is 25.6. The van der Waals surface area contributed by atoms with Crippen molar-refractivity contribution in [1.82, 2.24) is 17.9 Å². The zero-order valence-corrected chi connectivity index (χ0v) is 34.6. The maximum Gasteiger partial charge on any atom is 0.269 e. The first kappa shape index (κ1) is 40.1. The summed E-state index contributed by atoms with van der Waals surface area (Å²) in [6.45, 7) is 0.562. The molecule has 2 unspecified atom stereocenters. The Morgan fingerprint density at radius 3 is 1.36 bits per heavy atom. The van der Waals surface area contributed by atoms with Gasteiger partial charge in [-0.1, -0.05) is 87.8 Å². The van der Waals surface area contributed by atoms with Crippen molar-refractivity contribution in [3.05, 3.63) is 120 Å². The second kappa shape index (κ2) is 16.9. The molecule has 4 aromatic heterocycles. The van der Waals surface area contributed by atoms with Crippen molar-refractivity contribution in [3.8, 4) is 0 Å². The van der Waals surface area contributed by atoms with E-state index in [9.17, 15) is 16.8 Å². The molecule has 304 valence electrons. The number of carbonyl (C=O) groups excluding carboxylic acids is 1. The summed E-state index contributed by atoms with van der Waals surface area (Å²) in [6.07, 6.45) is 11.9. The van der Waals surface area contributed by atoms with Crippen LogP contribution in [0.3, 0.4) is 0 Å². The summed E-state index contributed by atoms with van der Waals surface area (Å²) >= 11 is 0. The Hall–Kier alpha value is -4.69. The number of pyridine rings is 2. The lowest BCUT2D eigenvalue weighted by Gasteiger charge is -2.28. The first-order valence-electron chi connectivity index (χ1n) is 20.2. The molecule has 11 nitrogen and oxygen atoms in total. The Bertz CT molecular complexity index is 2450. The van der Waals surface area contributed by atoms with Crippen LogP contribution >= 0.6 is 0 Å². The number of hydrogen-bond donors (Lipinski definition) is 0. The van der Waals surface area contributed by atoms with Gasteiger partial charge < -0.3 is 9.47 Å². The van der Waals surface area contributed by atoms with Crippen LogP contribution in [0.25, 0.3) is 22.1 Å². The molecule has 58 heavy (non-hydrogen) atoms. The number of hydrogen-bond acceptors (Lipinski definition) is 9. The van der Waals surface area contributed by atoms with E-state index in [1.807, 2.05) is 12.1 Å². The number of rotatable bonds is 16. The second-order valence-electron chi connectivity index (χ2n) is 16.0. The van der Waals surface area contributed by atoms with E-state index in [1.165, 1.54) is 7.94 Å². The van der Waals surface area contributed by atoms with Crippen molar-refractivity contribution < 1.29 is 31.1 Å². The SMILES string of the molecule is COCc1cnc2c(c1)cc(C(CC1CCCC1)C(=O)C(CC1CCCC1)c1cc3cc(COC)cnc3n1S(=O)(=O)c1ccccc1)n2S(=O)(=O)c1ccccc1. The number of aromatic nitrogens is 4. The third kappa shape index (κ3) is 7.77. The van der Waals surface area contributed by atoms with Gasteiger partial charge in [0.05, 0.1) is 34.8 Å². The lowest BCUT2D eigenvalue weighted by atomic mass is 9.78. The van der Waals surface area contributed by atoms with Crippen molar-refractivity contribution in [2.24, 2.45) is 11.8 Å². The molecule has 0 radical (unpaired) electrons. The second-order valence-corrected chi connectivity index (χ2v) is 19.5. The zero-order chi connectivity index (χ0) is 40.4. The molecule has 2 saturated carbocycles. The average Bonchev–Trinajstić information content (AvgIpc) is 4.06. The van der Waals surface area contributed by atoms with Crippen LogP contribution in [0.2, 0.25) is 0 Å². The van der Waals surface area contributed by atoms with Gasteiger partial charge >= 0.3 is 0 Å². The fourth-order valence-corrected chi connectivity index (χ4v) is 12.4. The summed E-state index contributed by atoms with van der Waals surface area (Å²) < 4.78 is 72.8. The van der Waals surface area contributed by atoms with Gasteiger partial charge in [-0.05, 0) is 84.3 Å². The van der Waals surface area contributed by atoms with Gasteiger partial charge in [-0.25, -0.2) is 34.7 Å². The zero-order valence-electron chi connectivity index (χ0n) is 33.0. The van der Waals surface area contributed by atoms with Crippen LogP contribution in [-0.2, 0) is 47.5 Å². The summed E-state index contributed by atoms with van der Waals surface area (Å²) in [5.41, 5.74) is 2.66. The fraction of sp³-hybridized carbons (Fsp3) is 0.400. The summed E-state index contributed by atoms with van der Waals surface area (Å²) in [7, 11) is -5.33. The molecule has 0 saturated heterocycles. The fourth-order valence-electron chi connectivity index (χ4n) is 9.32. The summed E-state index contributed by atoms with van der Waals surface area (Å²) in [6, 6.07) is 23.8. The molecular formula is C45H50N4O7S2. The monoisotopic (exact) mass is 822 g/mol. The standard InChI is InChI=1S/C45H50N4O7S2/c1-55-29-33-21-35-25-41(48(44(35)46-27-33)57(51,52)37-17-5-3-6-18-37)39(23-31-13-9-10-14-31)43(50)40(24-32-15-11-12-16-32)42-26-36-22-34(30-56-2)28-47-45(36)49(42)58(53,54)38-19-7-4-8-20-38/h3-8,17-22,25-28,31-32,39-40H,9-16,23-24,29-30H2,1-2H3. The summed E-state index contributed by atoms with van der Waals surface area (Å²) in [5, 5.41) is 1.16. The molecule has 8 rings (SSSR count). The molecule has 2 aromatic carbocycles. The Balaban J connectivity index is 1.37. The largest absolute Gasteiger partial charge is 0.380 e. The number of fused-ring (bicyclic) bond motifs is 2. The van der Waals surface area contributed by atoms with Crippen molar-refractivity contribution in [1.29, 1.82) is 0 Å². The maximum absolute atomic E-state index is 16.0. The smallest absolute Gasteiger partial charge is 0.269 e. The lowest BCUT2D eigenvalue weighted by Crippen LogP contribution is -2.30. The highest BCUT2D eigenvalue weighted by molar-refractivity contribution is 7.90. The number of methoxy groups -OCH3 is 2. The van der Waals surface area contributed by atoms with Crippen LogP contribution in [0, 0.1) is 11.8 Å². The first-order valence-corrected chi connectivity index (χ1v) is 23.1. The normalized spacial score (nSPS) is 16.7. The van der Waals surface area contributed by atoms with Gasteiger partial charge in [0.2, 0.25) is 0 Å². The first-order chi connectivity index (χ1) is 28.1. The average molecular weight is 823 g/mol. The number of Topliss-reactive ketones (excluding diaryl/α,β-unsaturated/α-hetero) is 1. The Morgan fingerprint density at radius 1 is 0.621 bits per heavy atom. The molecule has 4 heterocycles. The highest BCUT2D eigenvalue weighted by Gasteiger charge is 2.41. The Labute approximate surface area is 340 Å². The molecule has 0 amide bonds. The van der Waals surface area contributed by atoms with Crippen LogP contribution in [0.5, 0.6) is 0 Å². The van der Waals surface area contributed by atoms with Crippen LogP contribution in [0.4, 0.5) is 0 Å². The molecule has 13 heteroatoms. The van der Waals surface area contributed by atoms with Gasteiger partial charge in [0.15, 0.2) is 17.1 Å². The molecule has 0 aliphatic heterocycles. The molecule has 2 aliphatic rings. The van der Waals surface area contributed by atoms with Gasteiger partial charge in [-0.15, -0.1) is 0 Å². The van der Waals surface area contributed by atoms with E-state index in [2.05, 4.69) is 0 Å². The minimum absolute atomic E-state index is 0.0816. The number of ketones is 1. The molecule has 2 aliphatic carbocycles. The minimum atomic E-state index is -4.25. The van der Waals surface area contributed by atoms with E-state index < -0.39 is 31.9 Å². The van der Waals surface area contributed by atoms with E-state index >= 15 is 4.79 Å². The number of nitrogens with zero attached hydrogens (tertiary/aromatic N) is 4. The van der Waals surface area contributed by atoms with E-state index in [0.717, 1.165) is 62.5 Å². The van der Waals surface area contributed by atoms with Gasteiger partial charge in [-0.2, -0.15) is 0 Å². The topological polar surface area (TPSA) is 139 Å².